The van der Waals surface area contributed by atoms with Gasteiger partial charge in [-0.1, -0.05) is 18.2 Å². The SMILES string of the molecule is COc1ccc(N(CCCN)c2ccccc2C)nc1. The van der Waals surface area contributed by atoms with Gasteiger partial charge >= 0.3 is 0 Å². The van der Waals surface area contributed by atoms with Crippen LogP contribution in [0.25, 0.3) is 0 Å². The van der Waals surface area contributed by atoms with Crippen molar-refractivity contribution in [3.05, 3.63) is 48.2 Å². The van der Waals surface area contributed by atoms with Gasteiger partial charge in [0.2, 0.25) is 0 Å². The van der Waals surface area contributed by atoms with Gasteiger partial charge in [-0.3, -0.25) is 0 Å². The van der Waals surface area contributed by atoms with Crippen molar-refractivity contribution in [1.82, 2.24) is 4.98 Å². The smallest absolute Gasteiger partial charge is 0.137 e. The molecule has 2 aromatic rings. The molecule has 0 saturated heterocycles. The Hall–Kier alpha value is -2.07. The topological polar surface area (TPSA) is 51.4 Å². The molecule has 0 saturated carbocycles. The molecule has 0 fully saturated rings. The van der Waals surface area contributed by atoms with E-state index in [9.17, 15) is 0 Å². The molecule has 20 heavy (non-hydrogen) atoms. The monoisotopic (exact) mass is 271 g/mol. The van der Waals surface area contributed by atoms with Gasteiger partial charge in [0.1, 0.15) is 11.6 Å². The van der Waals surface area contributed by atoms with Crippen LogP contribution in [-0.4, -0.2) is 25.2 Å². The molecule has 4 heteroatoms. The highest BCUT2D eigenvalue weighted by Gasteiger charge is 2.12. The lowest BCUT2D eigenvalue weighted by molar-refractivity contribution is 0.413. The second-order valence-corrected chi connectivity index (χ2v) is 4.64. The fourth-order valence-electron chi connectivity index (χ4n) is 2.13. The van der Waals surface area contributed by atoms with E-state index in [4.69, 9.17) is 10.5 Å². The quantitative estimate of drug-likeness (QED) is 0.877. The van der Waals surface area contributed by atoms with Crippen molar-refractivity contribution >= 4 is 11.5 Å². The minimum Gasteiger partial charge on any atom is -0.495 e. The van der Waals surface area contributed by atoms with E-state index in [2.05, 4.69) is 28.9 Å². The van der Waals surface area contributed by atoms with E-state index in [0.29, 0.717) is 6.54 Å². The van der Waals surface area contributed by atoms with Crippen LogP contribution in [0.15, 0.2) is 42.6 Å². The van der Waals surface area contributed by atoms with Crippen molar-refractivity contribution in [3.8, 4) is 5.75 Å². The second kappa shape index (κ2) is 6.91. The Balaban J connectivity index is 2.33. The number of rotatable bonds is 6. The number of hydrogen-bond acceptors (Lipinski definition) is 4. The van der Waals surface area contributed by atoms with Gasteiger partial charge in [-0.25, -0.2) is 4.98 Å². The molecular weight excluding hydrogens is 250 g/mol. The summed E-state index contributed by atoms with van der Waals surface area (Å²) in [6.45, 7) is 3.62. The third-order valence-electron chi connectivity index (χ3n) is 3.23. The Morgan fingerprint density at radius 2 is 2.00 bits per heavy atom. The summed E-state index contributed by atoms with van der Waals surface area (Å²) >= 11 is 0. The first-order valence-electron chi connectivity index (χ1n) is 6.79. The van der Waals surface area contributed by atoms with Crippen LogP contribution in [0.3, 0.4) is 0 Å². The summed E-state index contributed by atoms with van der Waals surface area (Å²) in [5, 5.41) is 0. The van der Waals surface area contributed by atoms with Gasteiger partial charge in [0.15, 0.2) is 0 Å². The maximum absolute atomic E-state index is 5.65. The van der Waals surface area contributed by atoms with E-state index in [1.165, 1.54) is 11.3 Å². The number of ether oxygens (including phenoxy) is 1. The summed E-state index contributed by atoms with van der Waals surface area (Å²) in [7, 11) is 1.64. The van der Waals surface area contributed by atoms with Crippen molar-refractivity contribution in [2.45, 2.75) is 13.3 Å². The third-order valence-corrected chi connectivity index (χ3v) is 3.23. The summed E-state index contributed by atoms with van der Waals surface area (Å²) in [6.07, 6.45) is 2.66. The maximum Gasteiger partial charge on any atom is 0.137 e. The highest BCUT2D eigenvalue weighted by molar-refractivity contribution is 5.63. The fourth-order valence-corrected chi connectivity index (χ4v) is 2.13. The Kier molecular flexibility index (Phi) is 4.96. The van der Waals surface area contributed by atoms with Crippen LogP contribution >= 0.6 is 0 Å². The maximum atomic E-state index is 5.65. The van der Waals surface area contributed by atoms with Crippen LogP contribution in [-0.2, 0) is 0 Å². The molecule has 2 N–H and O–H groups in total. The molecule has 0 aliphatic heterocycles. The van der Waals surface area contributed by atoms with E-state index >= 15 is 0 Å². The van der Waals surface area contributed by atoms with Crippen molar-refractivity contribution < 1.29 is 4.74 Å². The van der Waals surface area contributed by atoms with Crippen molar-refractivity contribution in [2.75, 3.05) is 25.1 Å². The van der Waals surface area contributed by atoms with Crippen LogP contribution in [0.2, 0.25) is 0 Å². The molecule has 0 aliphatic rings. The van der Waals surface area contributed by atoms with Gasteiger partial charge in [-0.2, -0.15) is 0 Å². The first-order valence-corrected chi connectivity index (χ1v) is 6.79. The predicted molar refractivity (Wildman–Crippen MR) is 82.6 cm³/mol. The fraction of sp³-hybridized carbons (Fsp3) is 0.312. The molecule has 4 nitrogen and oxygen atoms in total. The summed E-state index contributed by atoms with van der Waals surface area (Å²) in [5.74, 6) is 1.67. The van der Waals surface area contributed by atoms with Crippen molar-refractivity contribution in [1.29, 1.82) is 0 Å². The van der Waals surface area contributed by atoms with Gasteiger partial charge in [0.05, 0.1) is 13.3 Å². The van der Waals surface area contributed by atoms with Gasteiger partial charge in [0.25, 0.3) is 0 Å². The number of aryl methyl sites for hydroxylation is 1. The van der Waals surface area contributed by atoms with E-state index < -0.39 is 0 Å². The molecule has 0 spiro atoms. The van der Waals surface area contributed by atoms with E-state index in [1.807, 2.05) is 24.3 Å². The predicted octanol–water partition coefficient (Wildman–Crippen LogP) is 2.89. The number of methoxy groups -OCH3 is 1. The lowest BCUT2D eigenvalue weighted by Gasteiger charge is -2.25. The minimum atomic E-state index is 0.665. The lowest BCUT2D eigenvalue weighted by atomic mass is 10.1. The summed E-state index contributed by atoms with van der Waals surface area (Å²) in [4.78, 5) is 6.68. The first-order chi connectivity index (χ1) is 9.76. The minimum absolute atomic E-state index is 0.665. The summed E-state index contributed by atoms with van der Waals surface area (Å²) in [6, 6.07) is 12.2. The lowest BCUT2D eigenvalue weighted by Crippen LogP contribution is -2.22. The van der Waals surface area contributed by atoms with Crippen LogP contribution in [0.4, 0.5) is 11.5 Å². The number of anilines is 2. The number of para-hydroxylation sites is 1. The number of benzene rings is 1. The molecular formula is C16H21N3O. The number of pyridine rings is 1. The number of aromatic nitrogens is 1. The standard InChI is InChI=1S/C16H21N3O/c1-13-6-3-4-7-15(13)19(11-5-10-17)16-9-8-14(20-2)12-18-16/h3-4,6-9,12H,5,10-11,17H2,1-2H3. The van der Waals surface area contributed by atoms with Crippen molar-refractivity contribution in [2.24, 2.45) is 5.73 Å². The zero-order valence-corrected chi connectivity index (χ0v) is 12.0. The zero-order valence-electron chi connectivity index (χ0n) is 12.0. The normalized spacial score (nSPS) is 10.3. The average molecular weight is 271 g/mol. The molecule has 0 atom stereocenters. The number of nitrogens with two attached hydrogens (primary N) is 1. The molecule has 0 bridgehead atoms. The van der Waals surface area contributed by atoms with Crippen LogP contribution < -0.4 is 15.4 Å². The van der Waals surface area contributed by atoms with Gasteiger partial charge in [-0.15, -0.1) is 0 Å². The van der Waals surface area contributed by atoms with Gasteiger partial charge in [-0.05, 0) is 43.7 Å². The van der Waals surface area contributed by atoms with Gasteiger partial charge in [0, 0.05) is 12.2 Å². The molecule has 1 aromatic heterocycles. The molecule has 0 amide bonds. The zero-order chi connectivity index (χ0) is 14.4. The van der Waals surface area contributed by atoms with Gasteiger partial charge < -0.3 is 15.4 Å². The molecule has 1 aromatic carbocycles. The highest BCUT2D eigenvalue weighted by atomic mass is 16.5. The van der Waals surface area contributed by atoms with E-state index in [-0.39, 0.29) is 0 Å². The second-order valence-electron chi connectivity index (χ2n) is 4.64. The number of hydrogen-bond donors (Lipinski definition) is 1. The summed E-state index contributed by atoms with van der Waals surface area (Å²) in [5.41, 5.74) is 8.04. The van der Waals surface area contributed by atoms with E-state index in [0.717, 1.165) is 24.5 Å². The highest BCUT2D eigenvalue weighted by Crippen LogP contribution is 2.27. The average Bonchev–Trinajstić information content (AvgIpc) is 2.50. The molecule has 0 aliphatic carbocycles. The molecule has 0 unspecified atom stereocenters. The Bertz CT molecular complexity index is 540. The number of nitrogens with zero attached hydrogens (tertiary/aromatic N) is 2. The van der Waals surface area contributed by atoms with Crippen LogP contribution in [0.5, 0.6) is 5.75 Å². The molecule has 2 rings (SSSR count). The van der Waals surface area contributed by atoms with Crippen LogP contribution in [0, 0.1) is 6.92 Å². The third kappa shape index (κ3) is 3.27. The first kappa shape index (κ1) is 14.3. The Morgan fingerprint density at radius 3 is 2.60 bits per heavy atom. The van der Waals surface area contributed by atoms with Crippen molar-refractivity contribution in [3.63, 3.8) is 0 Å². The molecule has 1 heterocycles. The largest absolute Gasteiger partial charge is 0.495 e. The Labute approximate surface area is 120 Å². The summed E-state index contributed by atoms with van der Waals surface area (Å²) < 4.78 is 5.16. The van der Waals surface area contributed by atoms with E-state index in [1.54, 1.807) is 13.3 Å². The molecule has 0 radical (unpaired) electrons. The Morgan fingerprint density at radius 1 is 1.20 bits per heavy atom. The van der Waals surface area contributed by atoms with Crippen LogP contribution in [0.1, 0.15) is 12.0 Å². The molecule has 106 valence electrons.